The summed E-state index contributed by atoms with van der Waals surface area (Å²) in [7, 11) is 0. The lowest BCUT2D eigenvalue weighted by Crippen LogP contribution is -2.29. The number of nitrogens with one attached hydrogen (secondary N) is 1. The molecule has 0 saturated carbocycles. The van der Waals surface area contributed by atoms with Gasteiger partial charge < -0.3 is 0 Å². The molecular weight excluding hydrogens is 461 g/mol. The monoisotopic (exact) mass is 475 g/mol. The van der Waals surface area contributed by atoms with Crippen molar-refractivity contribution in [3.05, 3.63) is 68.8 Å². The van der Waals surface area contributed by atoms with E-state index in [1.807, 2.05) is 36.4 Å². The minimum absolute atomic E-state index is 0.0898. The first-order valence-electron chi connectivity index (χ1n) is 9.04. The molecule has 1 aliphatic heterocycles. The van der Waals surface area contributed by atoms with Gasteiger partial charge in [-0.05, 0) is 41.8 Å². The number of benzene rings is 2. The molecule has 3 aromatic rings. The molecule has 0 spiro atoms. The van der Waals surface area contributed by atoms with E-state index in [0.29, 0.717) is 44.5 Å². The van der Waals surface area contributed by atoms with Gasteiger partial charge in [0.25, 0.3) is 5.91 Å². The van der Waals surface area contributed by atoms with E-state index in [1.54, 1.807) is 17.0 Å². The Morgan fingerprint density at radius 2 is 2.07 bits per heavy atom. The Balaban J connectivity index is 1.49. The van der Waals surface area contributed by atoms with Crippen LogP contribution >= 0.6 is 47.2 Å². The number of rotatable bonds is 6. The quantitative estimate of drug-likeness (QED) is 0.398. The van der Waals surface area contributed by atoms with Gasteiger partial charge in [0.1, 0.15) is 4.32 Å². The van der Waals surface area contributed by atoms with Gasteiger partial charge in [0.15, 0.2) is 5.82 Å². The van der Waals surface area contributed by atoms with Gasteiger partial charge in [0.05, 0.1) is 4.91 Å². The fourth-order valence-corrected chi connectivity index (χ4v) is 4.87. The van der Waals surface area contributed by atoms with Crippen LogP contribution in [0.25, 0.3) is 17.2 Å². The molecule has 30 heavy (non-hydrogen) atoms. The normalized spacial score (nSPS) is 15.4. The molecule has 1 fully saturated rings. The Labute approximate surface area is 192 Å². The van der Waals surface area contributed by atoms with E-state index in [1.165, 1.54) is 11.8 Å². The van der Waals surface area contributed by atoms with Gasteiger partial charge in [0, 0.05) is 28.6 Å². The average Bonchev–Trinajstić information content (AvgIpc) is 3.32. The molecule has 1 amide bonds. The van der Waals surface area contributed by atoms with E-state index in [2.05, 4.69) is 20.6 Å². The van der Waals surface area contributed by atoms with Crippen molar-refractivity contribution in [1.82, 2.24) is 25.5 Å². The van der Waals surface area contributed by atoms with Gasteiger partial charge >= 0.3 is 0 Å². The number of nitrogens with zero attached hydrogens (tertiary/aromatic N) is 4. The first-order chi connectivity index (χ1) is 14.5. The van der Waals surface area contributed by atoms with Crippen LogP contribution in [-0.4, -0.2) is 42.3 Å². The molecule has 6 nitrogen and oxygen atoms in total. The summed E-state index contributed by atoms with van der Waals surface area (Å²) in [6.45, 7) is 0.511. The number of H-pyrrole nitrogens is 1. The molecule has 0 unspecified atom stereocenters. The molecule has 4 rings (SSSR count). The lowest BCUT2D eigenvalue weighted by atomic mass is 10.0. The topological polar surface area (TPSA) is 74.8 Å². The summed E-state index contributed by atoms with van der Waals surface area (Å²) in [4.78, 5) is 15.0. The van der Waals surface area contributed by atoms with Gasteiger partial charge in [0.2, 0.25) is 0 Å². The van der Waals surface area contributed by atoms with Crippen molar-refractivity contribution >= 4 is 63.5 Å². The molecule has 1 aromatic heterocycles. The van der Waals surface area contributed by atoms with Crippen LogP contribution in [0, 0.1) is 0 Å². The van der Waals surface area contributed by atoms with Gasteiger partial charge in [-0.3, -0.25) is 9.69 Å². The number of aryl methyl sites for hydroxylation is 1. The number of hydrogen-bond acceptors (Lipinski definition) is 6. The summed E-state index contributed by atoms with van der Waals surface area (Å²) < 4.78 is 0.552. The smallest absolute Gasteiger partial charge is 0.266 e. The Bertz CT molecular complexity index is 1130. The number of thiocarbonyl (C=S) groups is 1. The fourth-order valence-electron chi connectivity index (χ4n) is 3.05. The van der Waals surface area contributed by atoms with Crippen LogP contribution in [0.15, 0.2) is 47.4 Å². The molecule has 0 radical (unpaired) electrons. The van der Waals surface area contributed by atoms with Crippen molar-refractivity contribution in [3.63, 3.8) is 0 Å². The third kappa shape index (κ3) is 4.73. The Kier molecular flexibility index (Phi) is 6.48. The molecular formula is C20H15Cl2N5OS2. The van der Waals surface area contributed by atoms with E-state index in [4.69, 9.17) is 35.4 Å². The van der Waals surface area contributed by atoms with Crippen LogP contribution in [0.3, 0.4) is 0 Å². The second-order valence-corrected chi connectivity index (χ2v) is 9.03. The number of aromatic amines is 1. The summed E-state index contributed by atoms with van der Waals surface area (Å²) in [6.07, 6.45) is 3.17. The predicted molar refractivity (Wildman–Crippen MR) is 124 cm³/mol. The fraction of sp³-hybridized carbons (Fsp3) is 0.150. The number of tetrazole rings is 1. The Hall–Kier alpha value is -2.26. The zero-order chi connectivity index (χ0) is 21.1. The molecule has 2 heterocycles. The zero-order valence-electron chi connectivity index (χ0n) is 15.5. The van der Waals surface area contributed by atoms with E-state index < -0.39 is 0 Å². The second kappa shape index (κ2) is 9.26. The SMILES string of the molecule is O=C1C(=Cc2cccc(-c3ccc(Cl)cc3Cl)c2)SC(=S)N1CCCc1nn[nH]n1. The molecule has 1 aliphatic rings. The van der Waals surface area contributed by atoms with Crippen LogP contribution in [0.4, 0.5) is 0 Å². The number of thioether (sulfide) groups is 1. The molecule has 1 saturated heterocycles. The van der Waals surface area contributed by atoms with Crippen molar-refractivity contribution in [2.75, 3.05) is 6.54 Å². The van der Waals surface area contributed by atoms with Crippen molar-refractivity contribution < 1.29 is 4.79 Å². The van der Waals surface area contributed by atoms with Crippen LogP contribution in [0.5, 0.6) is 0 Å². The van der Waals surface area contributed by atoms with Crippen molar-refractivity contribution in [3.8, 4) is 11.1 Å². The third-order valence-corrected chi connectivity index (χ3v) is 6.40. The molecule has 10 heteroatoms. The third-order valence-electron chi connectivity index (χ3n) is 4.47. The lowest BCUT2D eigenvalue weighted by Gasteiger charge is -2.13. The standard InChI is InChI=1S/C20H15Cl2N5OS2/c21-14-6-7-15(16(22)11-14)13-4-1-3-12(9-13)10-17-19(28)27(20(29)30-17)8-2-5-18-23-25-26-24-18/h1,3-4,6-7,9-11H,2,5,8H2,(H,23,24,25,26). The summed E-state index contributed by atoms with van der Waals surface area (Å²) in [5.74, 6) is 0.529. The maximum Gasteiger partial charge on any atom is 0.266 e. The van der Waals surface area contributed by atoms with E-state index in [9.17, 15) is 4.79 Å². The number of aromatic nitrogens is 4. The van der Waals surface area contributed by atoms with E-state index >= 15 is 0 Å². The summed E-state index contributed by atoms with van der Waals surface area (Å²) in [5.41, 5.74) is 2.72. The molecule has 1 N–H and O–H groups in total. The largest absolute Gasteiger partial charge is 0.293 e. The number of amides is 1. The van der Waals surface area contributed by atoms with Gasteiger partial charge in [-0.25, -0.2) is 0 Å². The maximum absolute atomic E-state index is 12.8. The summed E-state index contributed by atoms with van der Waals surface area (Å²) in [5, 5.41) is 14.9. The van der Waals surface area contributed by atoms with E-state index in [0.717, 1.165) is 16.7 Å². The van der Waals surface area contributed by atoms with Crippen LogP contribution in [0.2, 0.25) is 10.0 Å². The van der Waals surface area contributed by atoms with Crippen molar-refractivity contribution in [2.24, 2.45) is 0 Å². The average molecular weight is 476 g/mol. The molecule has 2 aromatic carbocycles. The molecule has 152 valence electrons. The molecule has 0 bridgehead atoms. The Morgan fingerprint density at radius 1 is 1.20 bits per heavy atom. The highest BCUT2D eigenvalue weighted by Crippen LogP contribution is 2.34. The van der Waals surface area contributed by atoms with Crippen LogP contribution < -0.4 is 0 Å². The Morgan fingerprint density at radius 3 is 2.83 bits per heavy atom. The number of hydrogen-bond donors (Lipinski definition) is 1. The minimum Gasteiger partial charge on any atom is -0.293 e. The molecule has 0 aliphatic carbocycles. The van der Waals surface area contributed by atoms with Crippen LogP contribution in [-0.2, 0) is 11.2 Å². The first kappa shape index (κ1) is 21.0. The maximum atomic E-state index is 12.8. The highest BCUT2D eigenvalue weighted by atomic mass is 35.5. The van der Waals surface area contributed by atoms with Crippen LogP contribution in [0.1, 0.15) is 17.8 Å². The van der Waals surface area contributed by atoms with Crippen molar-refractivity contribution in [2.45, 2.75) is 12.8 Å². The second-order valence-electron chi connectivity index (χ2n) is 6.51. The predicted octanol–water partition coefficient (Wildman–Crippen LogP) is 5.01. The number of carbonyl (C=O) groups excluding carboxylic acids is 1. The number of halogens is 2. The van der Waals surface area contributed by atoms with Gasteiger partial charge in [-0.2, -0.15) is 5.21 Å². The highest BCUT2D eigenvalue weighted by Gasteiger charge is 2.31. The summed E-state index contributed by atoms with van der Waals surface area (Å²) >= 11 is 19.0. The van der Waals surface area contributed by atoms with Crippen molar-refractivity contribution in [1.29, 1.82) is 0 Å². The number of carbonyl (C=O) groups is 1. The summed E-state index contributed by atoms with van der Waals surface area (Å²) in [6, 6.07) is 13.2. The highest BCUT2D eigenvalue weighted by molar-refractivity contribution is 8.26. The minimum atomic E-state index is -0.0898. The van der Waals surface area contributed by atoms with E-state index in [-0.39, 0.29) is 5.91 Å². The van der Waals surface area contributed by atoms with Gasteiger partial charge in [-0.15, -0.1) is 10.2 Å². The molecule has 0 atom stereocenters. The first-order valence-corrected chi connectivity index (χ1v) is 11.0. The van der Waals surface area contributed by atoms with Gasteiger partial charge in [-0.1, -0.05) is 76.7 Å². The lowest BCUT2D eigenvalue weighted by molar-refractivity contribution is -0.122. The zero-order valence-corrected chi connectivity index (χ0v) is 18.7.